The van der Waals surface area contributed by atoms with E-state index in [9.17, 15) is 19.7 Å². The predicted molar refractivity (Wildman–Crippen MR) is 161 cm³/mol. The van der Waals surface area contributed by atoms with E-state index < -0.39 is 4.92 Å². The highest BCUT2D eigenvalue weighted by Crippen LogP contribution is 2.35. The fraction of sp³-hybridized carbons (Fsp3) is 0.414. The molecule has 2 aliphatic rings. The van der Waals surface area contributed by atoms with E-state index in [2.05, 4.69) is 31.5 Å². The summed E-state index contributed by atoms with van der Waals surface area (Å²) >= 11 is 3.35. The summed E-state index contributed by atoms with van der Waals surface area (Å²) in [5.41, 5.74) is 1.62. The lowest BCUT2D eigenvalue weighted by Crippen LogP contribution is -2.48. The van der Waals surface area contributed by atoms with E-state index in [1.54, 1.807) is 28.3 Å². The van der Waals surface area contributed by atoms with E-state index in [0.717, 1.165) is 16.5 Å². The second-order valence-corrected chi connectivity index (χ2v) is 11.6. The minimum Gasteiger partial charge on any atom is -0.388 e. The Hall–Kier alpha value is -3.77. The van der Waals surface area contributed by atoms with Crippen molar-refractivity contribution in [2.75, 3.05) is 43.9 Å². The first kappa shape index (κ1) is 28.7. The number of aromatic nitrogens is 1. The molecule has 2 fully saturated rings. The molecule has 216 valence electrons. The van der Waals surface area contributed by atoms with Gasteiger partial charge in [0.25, 0.3) is 17.5 Å². The molecule has 0 unspecified atom stereocenters. The van der Waals surface area contributed by atoms with Crippen LogP contribution in [0.1, 0.15) is 47.4 Å². The Morgan fingerprint density at radius 3 is 2.49 bits per heavy atom. The van der Waals surface area contributed by atoms with Gasteiger partial charge < -0.3 is 25.2 Å². The largest absolute Gasteiger partial charge is 0.388 e. The fourth-order valence-electron chi connectivity index (χ4n) is 5.73. The van der Waals surface area contributed by atoms with Gasteiger partial charge in [-0.15, -0.1) is 0 Å². The number of benzene rings is 2. The summed E-state index contributed by atoms with van der Waals surface area (Å²) in [5.74, 6) is -0.449. The number of amides is 2. The van der Waals surface area contributed by atoms with Gasteiger partial charge in [-0.1, -0.05) is 22.0 Å². The molecule has 0 radical (unpaired) electrons. The van der Waals surface area contributed by atoms with Crippen LogP contribution in [0.4, 0.5) is 17.1 Å². The van der Waals surface area contributed by atoms with Crippen LogP contribution in [-0.2, 0) is 4.74 Å². The zero-order valence-corrected chi connectivity index (χ0v) is 24.8. The van der Waals surface area contributed by atoms with Gasteiger partial charge in [0.05, 0.1) is 28.3 Å². The molecule has 5 rings (SSSR count). The van der Waals surface area contributed by atoms with E-state index in [1.807, 2.05) is 39.1 Å². The number of hydrogen-bond acceptors (Lipinski definition) is 8. The van der Waals surface area contributed by atoms with Crippen molar-refractivity contribution in [2.24, 2.45) is 0 Å². The van der Waals surface area contributed by atoms with Crippen molar-refractivity contribution < 1.29 is 19.2 Å². The molecule has 3 atom stereocenters. The topological polar surface area (TPSA) is 130 Å². The summed E-state index contributed by atoms with van der Waals surface area (Å²) in [6, 6.07) is 8.50. The number of fused-ring (bicyclic) bond motifs is 1. The summed E-state index contributed by atoms with van der Waals surface area (Å²) in [6.45, 7) is 5.47. The number of likely N-dealkylation sites (tertiary alicyclic amines) is 1. The molecule has 2 N–H and O–H groups in total. The highest BCUT2D eigenvalue weighted by molar-refractivity contribution is 9.10. The summed E-state index contributed by atoms with van der Waals surface area (Å²) in [4.78, 5) is 46.8. The highest BCUT2D eigenvalue weighted by atomic mass is 79.9. The third-order valence-electron chi connectivity index (χ3n) is 7.55. The number of carbonyl (C=O) groups excluding carboxylic acids is 2. The first-order valence-corrected chi connectivity index (χ1v) is 14.5. The normalized spacial score (nSPS) is 21.0. The van der Waals surface area contributed by atoms with Crippen LogP contribution in [0.5, 0.6) is 0 Å². The molecule has 12 heteroatoms. The maximum Gasteiger partial charge on any atom is 0.294 e. The average molecular weight is 626 g/mol. The third kappa shape index (κ3) is 6.13. The zero-order valence-electron chi connectivity index (χ0n) is 23.2. The monoisotopic (exact) mass is 624 g/mol. The zero-order chi connectivity index (χ0) is 29.3. The van der Waals surface area contributed by atoms with Gasteiger partial charge in [-0.2, -0.15) is 0 Å². The standard InChI is InChI=1S/C29H33BrN6O5/c1-17-14-35(15-18(2)41-17)28(37)24-10-20(30)11-26(36(39)40)27(24)33-22-5-4-8-34(16-22)29(38)25-13-32-12-19-9-21(31-3)6-7-23(19)25/h6-7,9-13,17-18,22,31,33H,4-5,8,14-16H2,1-3H3/t17-,18+,22-/m1/s1. The quantitative estimate of drug-likeness (QED) is 0.292. The van der Waals surface area contributed by atoms with Crippen LogP contribution >= 0.6 is 15.9 Å². The van der Waals surface area contributed by atoms with Crippen LogP contribution < -0.4 is 10.6 Å². The Balaban J connectivity index is 1.42. The molecule has 2 amide bonds. The third-order valence-corrected chi connectivity index (χ3v) is 8.01. The van der Waals surface area contributed by atoms with Crippen molar-refractivity contribution in [3.63, 3.8) is 0 Å². The van der Waals surface area contributed by atoms with Gasteiger partial charge in [-0.05, 0) is 50.3 Å². The Morgan fingerprint density at radius 2 is 1.78 bits per heavy atom. The number of nitro groups is 1. The summed E-state index contributed by atoms with van der Waals surface area (Å²) in [6.07, 6.45) is 4.42. The van der Waals surface area contributed by atoms with Crippen LogP contribution in [0.15, 0.2) is 47.2 Å². The first-order valence-electron chi connectivity index (χ1n) is 13.7. The molecule has 3 aromatic rings. The van der Waals surface area contributed by atoms with Gasteiger partial charge in [0, 0.05) is 73.3 Å². The second kappa shape index (κ2) is 12.0. The van der Waals surface area contributed by atoms with Crippen LogP contribution in [0.3, 0.4) is 0 Å². The van der Waals surface area contributed by atoms with Crippen LogP contribution in [0.25, 0.3) is 10.8 Å². The van der Waals surface area contributed by atoms with Gasteiger partial charge in [0.1, 0.15) is 5.69 Å². The Kier molecular flexibility index (Phi) is 8.41. The number of piperidine rings is 1. The number of rotatable bonds is 6. The number of carbonyl (C=O) groups is 2. The van der Waals surface area contributed by atoms with Crippen molar-refractivity contribution in [1.82, 2.24) is 14.8 Å². The molecule has 1 aromatic heterocycles. The highest BCUT2D eigenvalue weighted by Gasteiger charge is 2.33. The Bertz CT molecular complexity index is 1490. The molecule has 0 spiro atoms. The molecule has 2 aliphatic heterocycles. The van der Waals surface area contributed by atoms with E-state index >= 15 is 0 Å². The van der Waals surface area contributed by atoms with Crippen molar-refractivity contribution in [2.45, 2.75) is 44.9 Å². The van der Waals surface area contributed by atoms with Gasteiger partial charge in [0.2, 0.25) is 0 Å². The number of anilines is 2. The van der Waals surface area contributed by atoms with Gasteiger partial charge in [0.15, 0.2) is 0 Å². The van der Waals surface area contributed by atoms with Crippen LogP contribution in [0.2, 0.25) is 0 Å². The maximum atomic E-state index is 13.7. The number of nitro benzene ring substituents is 1. The molecule has 0 bridgehead atoms. The molecule has 41 heavy (non-hydrogen) atoms. The molecule has 2 aromatic carbocycles. The number of hydrogen-bond donors (Lipinski definition) is 2. The molecule has 0 aliphatic carbocycles. The van der Waals surface area contributed by atoms with Gasteiger partial charge in [-0.25, -0.2) is 0 Å². The van der Waals surface area contributed by atoms with Crippen molar-refractivity contribution in [1.29, 1.82) is 0 Å². The van der Waals surface area contributed by atoms with Crippen molar-refractivity contribution >= 4 is 55.6 Å². The lowest BCUT2D eigenvalue weighted by atomic mass is 10.0. The SMILES string of the molecule is CNc1ccc2c(C(=O)N3CCC[C@@H](Nc4c(C(=O)N5C[C@@H](C)O[C@@H](C)C5)cc(Br)cc4[N+](=O)[O-])C3)cncc2c1. The van der Waals surface area contributed by atoms with E-state index in [1.165, 1.54) is 6.07 Å². The molecule has 11 nitrogen and oxygen atoms in total. The van der Waals surface area contributed by atoms with Crippen molar-refractivity contribution in [3.8, 4) is 0 Å². The van der Waals surface area contributed by atoms with E-state index in [0.29, 0.717) is 49.1 Å². The van der Waals surface area contributed by atoms with Gasteiger partial charge >= 0.3 is 0 Å². The number of nitrogens with zero attached hydrogens (tertiary/aromatic N) is 4. The maximum absolute atomic E-state index is 13.7. The second-order valence-electron chi connectivity index (χ2n) is 10.7. The minimum atomic E-state index is -0.485. The summed E-state index contributed by atoms with van der Waals surface area (Å²) in [5, 5.41) is 20.2. The number of nitrogens with one attached hydrogen (secondary N) is 2. The Labute approximate surface area is 246 Å². The number of pyridine rings is 1. The molecule has 3 heterocycles. The van der Waals surface area contributed by atoms with Crippen molar-refractivity contribution in [3.05, 3.63) is 68.4 Å². The lowest BCUT2D eigenvalue weighted by Gasteiger charge is -2.36. The molecular formula is C29H33BrN6O5. The molecular weight excluding hydrogens is 592 g/mol. The number of halogens is 1. The van der Waals surface area contributed by atoms with Crippen LogP contribution in [-0.4, -0.2) is 83.0 Å². The fourth-order valence-corrected chi connectivity index (χ4v) is 6.17. The summed E-state index contributed by atoms with van der Waals surface area (Å²) < 4.78 is 6.22. The first-order chi connectivity index (χ1) is 19.6. The predicted octanol–water partition coefficient (Wildman–Crippen LogP) is 4.91. The van der Waals surface area contributed by atoms with E-state index in [-0.39, 0.29) is 47.0 Å². The van der Waals surface area contributed by atoms with Crippen LogP contribution in [0, 0.1) is 10.1 Å². The van der Waals surface area contributed by atoms with Gasteiger partial charge in [-0.3, -0.25) is 24.7 Å². The average Bonchev–Trinajstić information content (AvgIpc) is 2.96. The minimum absolute atomic E-state index is 0.146. The smallest absolute Gasteiger partial charge is 0.294 e. The Morgan fingerprint density at radius 1 is 1.05 bits per heavy atom. The molecule has 2 saturated heterocycles. The number of ether oxygens (including phenoxy) is 1. The number of morpholine rings is 1. The molecule has 0 saturated carbocycles. The summed E-state index contributed by atoms with van der Waals surface area (Å²) in [7, 11) is 1.83. The lowest BCUT2D eigenvalue weighted by molar-refractivity contribution is -0.384. The van der Waals surface area contributed by atoms with E-state index in [4.69, 9.17) is 4.74 Å².